The zero-order valence-electron chi connectivity index (χ0n) is 13.6. The van der Waals surface area contributed by atoms with Crippen molar-refractivity contribution < 1.29 is 17.9 Å². The molecular formula is C17H25NO4S. The van der Waals surface area contributed by atoms with Gasteiger partial charge in [-0.05, 0) is 38.3 Å². The minimum atomic E-state index is -3.45. The molecule has 1 aromatic carbocycles. The fourth-order valence-corrected chi connectivity index (χ4v) is 5.28. The Labute approximate surface area is 138 Å². The number of fused-ring (bicyclic) bond motifs is 1. The number of ether oxygens (including phenoxy) is 2. The standard InChI is InChI=1S/C17H25NO4S/c1-2-21-14-17-10-6-12-22-16(17)9-11-18(13-17)23(19,20)15-7-4-3-5-8-15/h3-5,7-8,16H,2,6,9-14H2,1H3. The van der Waals surface area contributed by atoms with Gasteiger partial charge in [-0.2, -0.15) is 4.31 Å². The molecule has 2 heterocycles. The molecule has 0 amide bonds. The van der Waals surface area contributed by atoms with E-state index in [0.717, 1.165) is 25.9 Å². The van der Waals surface area contributed by atoms with E-state index in [4.69, 9.17) is 9.47 Å². The Morgan fingerprint density at radius 2 is 2.13 bits per heavy atom. The van der Waals surface area contributed by atoms with Crippen LogP contribution in [-0.4, -0.2) is 51.7 Å². The molecule has 0 N–H and O–H groups in total. The summed E-state index contributed by atoms with van der Waals surface area (Å²) < 4.78 is 39.1. The van der Waals surface area contributed by atoms with Crippen LogP contribution in [0.15, 0.2) is 35.2 Å². The van der Waals surface area contributed by atoms with Gasteiger partial charge in [0, 0.05) is 31.7 Å². The van der Waals surface area contributed by atoms with Crippen molar-refractivity contribution in [1.29, 1.82) is 0 Å². The molecule has 2 atom stereocenters. The molecule has 3 rings (SSSR count). The third-order valence-corrected chi connectivity index (χ3v) is 6.79. The lowest BCUT2D eigenvalue weighted by atomic mass is 9.73. The molecule has 0 bridgehead atoms. The molecule has 1 aromatic rings. The van der Waals surface area contributed by atoms with Crippen LogP contribution in [0.2, 0.25) is 0 Å². The lowest BCUT2D eigenvalue weighted by Gasteiger charge is -2.49. The highest BCUT2D eigenvalue weighted by Gasteiger charge is 2.48. The highest BCUT2D eigenvalue weighted by molar-refractivity contribution is 7.89. The number of hydrogen-bond acceptors (Lipinski definition) is 4. The van der Waals surface area contributed by atoms with E-state index in [1.165, 1.54) is 0 Å². The first kappa shape index (κ1) is 16.9. The van der Waals surface area contributed by atoms with Crippen LogP contribution in [0.4, 0.5) is 0 Å². The minimum Gasteiger partial charge on any atom is -0.381 e. The monoisotopic (exact) mass is 339 g/mol. The Morgan fingerprint density at radius 3 is 2.87 bits per heavy atom. The van der Waals surface area contributed by atoms with Gasteiger partial charge in [-0.3, -0.25) is 0 Å². The summed E-state index contributed by atoms with van der Waals surface area (Å²) in [5.41, 5.74) is -0.214. The van der Waals surface area contributed by atoms with Crippen LogP contribution >= 0.6 is 0 Å². The van der Waals surface area contributed by atoms with Gasteiger partial charge >= 0.3 is 0 Å². The lowest BCUT2D eigenvalue weighted by molar-refractivity contribution is -0.141. The molecule has 128 valence electrons. The van der Waals surface area contributed by atoms with Gasteiger partial charge in [0.05, 0.1) is 17.6 Å². The molecule has 5 nitrogen and oxygen atoms in total. The largest absolute Gasteiger partial charge is 0.381 e. The smallest absolute Gasteiger partial charge is 0.243 e. The minimum absolute atomic E-state index is 0.102. The molecule has 0 saturated carbocycles. The number of nitrogens with zero attached hydrogens (tertiary/aromatic N) is 1. The van der Waals surface area contributed by atoms with E-state index in [1.54, 1.807) is 28.6 Å². The summed E-state index contributed by atoms with van der Waals surface area (Å²) in [4.78, 5) is 0.363. The maximum atomic E-state index is 12.9. The van der Waals surface area contributed by atoms with Crippen LogP contribution in [0, 0.1) is 5.41 Å². The quantitative estimate of drug-likeness (QED) is 0.826. The van der Waals surface area contributed by atoms with Gasteiger partial charge in [0.2, 0.25) is 10.0 Å². The molecule has 0 aromatic heterocycles. The molecule has 2 unspecified atom stereocenters. The van der Waals surface area contributed by atoms with Gasteiger partial charge in [-0.15, -0.1) is 0 Å². The van der Waals surface area contributed by atoms with E-state index < -0.39 is 10.0 Å². The van der Waals surface area contributed by atoms with Gasteiger partial charge < -0.3 is 9.47 Å². The molecule has 2 saturated heterocycles. The number of benzene rings is 1. The fraction of sp³-hybridized carbons (Fsp3) is 0.647. The average molecular weight is 339 g/mol. The van der Waals surface area contributed by atoms with Crippen LogP contribution in [0.25, 0.3) is 0 Å². The van der Waals surface area contributed by atoms with Crippen molar-refractivity contribution in [2.45, 2.75) is 37.2 Å². The third kappa shape index (κ3) is 3.31. The lowest BCUT2D eigenvalue weighted by Crippen LogP contribution is -2.58. The van der Waals surface area contributed by atoms with Crippen LogP contribution in [0.5, 0.6) is 0 Å². The van der Waals surface area contributed by atoms with E-state index in [-0.39, 0.29) is 11.5 Å². The van der Waals surface area contributed by atoms with Crippen molar-refractivity contribution in [2.24, 2.45) is 5.41 Å². The van der Waals surface area contributed by atoms with Crippen molar-refractivity contribution in [3.8, 4) is 0 Å². The molecule has 2 aliphatic rings. The number of sulfonamides is 1. The normalized spacial score (nSPS) is 29.2. The van der Waals surface area contributed by atoms with Crippen molar-refractivity contribution in [3.63, 3.8) is 0 Å². The Bertz CT molecular complexity index is 619. The van der Waals surface area contributed by atoms with Crippen molar-refractivity contribution in [3.05, 3.63) is 30.3 Å². The second kappa shape index (κ2) is 6.89. The SMILES string of the molecule is CCOCC12CCCOC1CCN(S(=O)(=O)c1ccccc1)C2. The van der Waals surface area contributed by atoms with E-state index in [2.05, 4.69) is 0 Å². The molecule has 2 fully saturated rings. The molecule has 6 heteroatoms. The fourth-order valence-electron chi connectivity index (χ4n) is 3.71. The predicted octanol–water partition coefficient (Wildman–Crippen LogP) is 2.28. The van der Waals surface area contributed by atoms with Crippen LogP contribution in [0.1, 0.15) is 26.2 Å². The summed E-state index contributed by atoms with van der Waals surface area (Å²) >= 11 is 0. The topological polar surface area (TPSA) is 55.8 Å². The third-order valence-electron chi connectivity index (χ3n) is 4.93. The molecule has 2 aliphatic heterocycles. The Morgan fingerprint density at radius 1 is 1.35 bits per heavy atom. The molecule has 0 aliphatic carbocycles. The first-order chi connectivity index (χ1) is 11.1. The second-order valence-corrected chi connectivity index (χ2v) is 8.34. The Balaban J connectivity index is 1.85. The Hall–Kier alpha value is -0.950. The number of piperidine rings is 1. The highest BCUT2D eigenvalue weighted by atomic mass is 32.2. The second-order valence-electron chi connectivity index (χ2n) is 6.40. The van der Waals surface area contributed by atoms with Crippen LogP contribution < -0.4 is 0 Å². The molecule has 23 heavy (non-hydrogen) atoms. The zero-order chi connectivity index (χ0) is 16.3. The van der Waals surface area contributed by atoms with Crippen molar-refractivity contribution >= 4 is 10.0 Å². The zero-order valence-corrected chi connectivity index (χ0v) is 14.4. The van der Waals surface area contributed by atoms with Crippen LogP contribution in [-0.2, 0) is 19.5 Å². The Kier molecular flexibility index (Phi) is 5.06. The molecule has 0 radical (unpaired) electrons. The maximum absolute atomic E-state index is 12.9. The van der Waals surface area contributed by atoms with Crippen molar-refractivity contribution in [1.82, 2.24) is 4.31 Å². The van der Waals surface area contributed by atoms with Gasteiger partial charge in [-0.25, -0.2) is 8.42 Å². The summed E-state index contributed by atoms with van der Waals surface area (Å²) in [7, 11) is -3.45. The summed E-state index contributed by atoms with van der Waals surface area (Å²) in [5.74, 6) is 0. The average Bonchev–Trinajstić information content (AvgIpc) is 2.60. The van der Waals surface area contributed by atoms with Gasteiger partial charge in [0.1, 0.15) is 0 Å². The molecule has 0 spiro atoms. The molecular weight excluding hydrogens is 314 g/mol. The summed E-state index contributed by atoms with van der Waals surface area (Å²) in [6.07, 6.45) is 2.76. The van der Waals surface area contributed by atoms with Gasteiger partial charge in [0.25, 0.3) is 0 Å². The van der Waals surface area contributed by atoms with E-state index in [1.807, 2.05) is 13.0 Å². The maximum Gasteiger partial charge on any atom is 0.243 e. The van der Waals surface area contributed by atoms with E-state index >= 15 is 0 Å². The predicted molar refractivity (Wildman–Crippen MR) is 87.7 cm³/mol. The van der Waals surface area contributed by atoms with Gasteiger partial charge in [0.15, 0.2) is 0 Å². The first-order valence-electron chi connectivity index (χ1n) is 8.33. The summed E-state index contributed by atoms with van der Waals surface area (Å²) in [6, 6.07) is 8.68. The number of rotatable bonds is 5. The number of hydrogen-bond donors (Lipinski definition) is 0. The van der Waals surface area contributed by atoms with Gasteiger partial charge in [-0.1, -0.05) is 18.2 Å². The van der Waals surface area contributed by atoms with E-state index in [9.17, 15) is 8.42 Å². The van der Waals surface area contributed by atoms with E-state index in [0.29, 0.717) is 31.2 Å². The summed E-state index contributed by atoms with van der Waals surface area (Å²) in [5, 5.41) is 0. The first-order valence-corrected chi connectivity index (χ1v) is 9.77. The van der Waals surface area contributed by atoms with Crippen LogP contribution in [0.3, 0.4) is 0 Å². The van der Waals surface area contributed by atoms with Crippen molar-refractivity contribution in [2.75, 3.05) is 32.9 Å². The highest BCUT2D eigenvalue weighted by Crippen LogP contribution is 2.41. The summed E-state index contributed by atoms with van der Waals surface area (Å²) in [6.45, 7) is 4.93.